The maximum atomic E-state index is 14.0. The quantitative estimate of drug-likeness (QED) is 0.490. The summed E-state index contributed by atoms with van der Waals surface area (Å²) in [6, 6.07) is 10.2. The fourth-order valence-corrected chi connectivity index (χ4v) is 3.50. The zero-order valence-corrected chi connectivity index (χ0v) is 16.6. The molecule has 1 saturated carbocycles. The molecule has 0 atom stereocenters. The standard InChI is InChI=1S/C23H21FN4O2/c1-15-11-25-22(30-14-16-6-7-16)10-21(15)27-9-8-20-18(23(27)29)12-26-28(20)13-17-4-2-3-5-19(17)24/h2-5,8-12,16H,6-7,13-14H2,1H3. The van der Waals surface area contributed by atoms with Gasteiger partial charge in [-0.25, -0.2) is 9.37 Å². The summed E-state index contributed by atoms with van der Waals surface area (Å²) < 4.78 is 23.0. The zero-order valence-electron chi connectivity index (χ0n) is 16.6. The Bertz CT molecular complexity index is 1290. The van der Waals surface area contributed by atoms with Crippen molar-refractivity contribution in [3.8, 4) is 11.6 Å². The highest BCUT2D eigenvalue weighted by molar-refractivity contribution is 5.78. The van der Waals surface area contributed by atoms with Gasteiger partial charge in [-0.05, 0) is 43.4 Å². The van der Waals surface area contributed by atoms with Crippen molar-refractivity contribution < 1.29 is 9.13 Å². The van der Waals surface area contributed by atoms with Crippen molar-refractivity contribution in [1.82, 2.24) is 19.3 Å². The minimum absolute atomic E-state index is 0.185. The van der Waals surface area contributed by atoms with Crippen molar-refractivity contribution in [1.29, 1.82) is 0 Å². The predicted octanol–water partition coefficient (Wildman–Crippen LogP) is 3.87. The smallest absolute Gasteiger partial charge is 0.266 e. The summed E-state index contributed by atoms with van der Waals surface area (Å²) >= 11 is 0. The van der Waals surface area contributed by atoms with Crippen LogP contribution in [0.4, 0.5) is 4.39 Å². The minimum Gasteiger partial charge on any atom is -0.477 e. The molecule has 0 saturated heterocycles. The summed E-state index contributed by atoms with van der Waals surface area (Å²) in [5.74, 6) is 0.848. The highest BCUT2D eigenvalue weighted by Gasteiger charge is 2.22. The summed E-state index contributed by atoms with van der Waals surface area (Å²) in [7, 11) is 0. The lowest BCUT2D eigenvalue weighted by Gasteiger charge is -2.12. The lowest BCUT2D eigenvalue weighted by molar-refractivity contribution is 0.288. The van der Waals surface area contributed by atoms with Gasteiger partial charge in [0.2, 0.25) is 5.88 Å². The predicted molar refractivity (Wildman–Crippen MR) is 112 cm³/mol. The lowest BCUT2D eigenvalue weighted by Crippen LogP contribution is -2.19. The number of rotatable bonds is 6. The van der Waals surface area contributed by atoms with Crippen LogP contribution in [0.1, 0.15) is 24.0 Å². The third-order valence-corrected chi connectivity index (χ3v) is 5.46. The third kappa shape index (κ3) is 3.47. The monoisotopic (exact) mass is 404 g/mol. The van der Waals surface area contributed by atoms with Gasteiger partial charge in [-0.15, -0.1) is 0 Å². The number of halogens is 1. The van der Waals surface area contributed by atoms with E-state index in [2.05, 4.69) is 10.1 Å². The molecule has 4 aromatic rings. The fourth-order valence-electron chi connectivity index (χ4n) is 3.50. The highest BCUT2D eigenvalue weighted by atomic mass is 19.1. The van der Waals surface area contributed by atoms with Gasteiger partial charge in [-0.2, -0.15) is 5.10 Å². The molecule has 1 fully saturated rings. The van der Waals surface area contributed by atoms with Crippen molar-refractivity contribution in [3.63, 3.8) is 0 Å². The second kappa shape index (κ2) is 7.40. The molecular formula is C23H21FN4O2. The molecule has 0 bridgehead atoms. The van der Waals surface area contributed by atoms with Gasteiger partial charge in [-0.1, -0.05) is 18.2 Å². The molecule has 5 rings (SSSR count). The van der Waals surface area contributed by atoms with E-state index in [0.29, 0.717) is 34.9 Å². The van der Waals surface area contributed by atoms with Crippen LogP contribution in [-0.2, 0) is 6.54 Å². The summed E-state index contributed by atoms with van der Waals surface area (Å²) in [4.78, 5) is 17.5. The molecule has 1 aliphatic rings. The van der Waals surface area contributed by atoms with E-state index in [1.807, 2.05) is 13.0 Å². The van der Waals surface area contributed by atoms with Crippen molar-refractivity contribution in [2.24, 2.45) is 5.92 Å². The molecular weight excluding hydrogens is 383 g/mol. The SMILES string of the molecule is Cc1cnc(OCC2CC2)cc1-n1ccc2c(cnn2Cc2ccccc2F)c1=O. The van der Waals surface area contributed by atoms with Gasteiger partial charge in [0.1, 0.15) is 5.82 Å². The average Bonchev–Trinajstić information content (AvgIpc) is 3.49. The number of hydrogen-bond donors (Lipinski definition) is 0. The second-order valence-electron chi connectivity index (χ2n) is 7.75. The second-order valence-corrected chi connectivity index (χ2v) is 7.75. The van der Waals surface area contributed by atoms with Gasteiger partial charge in [-0.3, -0.25) is 14.0 Å². The maximum Gasteiger partial charge on any atom is 0.266 e. The number of hydrogen-bond acceptors (Lipinski definition) is 4. The van der Waals surface area contributed by atoms with E-state index in [-0.39, 0.29) is 17.9 Å². The summed E-state index contributed by atoms with van der Waals surface area (Å²) in [6.45, 7) is 2.82. The van der Waals surface area contributed by atoms with E-state index in [1.165, 1.54) is 25.1 Å². The Kier molecular flexibility index (Phi) is 4.58. The minimum atomic E-state index is -0.291. The fraction of sp³-hybridized carbons (Fsp3) is 0.261. The molecule has 6 nitrogen and oxygen atoms in total. The average molecular weight is 404 g/mol. The van der Waals surface area contributed by atoms with Crippen LogP contribution >= 0.6 is 0 Å². The molecule has 1 aromatic carbocycles. The van der Waals surface area contributed by atoms with E-state index >= 15 is 0 Å². The molecule has 0 amide bonds. The van der Waals surface area contributed by atoms with Crippen molar-refractivity contribution in [3.05, 3.63) is 82.3 Å². The molecule has 0 unspecified atom stereocenters. The first-order chi connectivity index (χ1) is 14.6. The summed E-state index contributed by atoms with van der Waals surface area (Å²) in [5.41, 5.74) is 2.60. The van der Waals surface area contributed by atoms with Crippen LogP contribution in [0.3, 0.4) is 0 Å². The number of aryl methyl sites for hydroxylation is 1. The van der Waals surface area contributed by atoms with Crippen molar-refractivity contribution in [2.75, 3.05) is 6.61 Å². The van der Waals surface area contributed by atoms with Crippen molar-refractivity contribution in [2.45, 2.75) is 26.3 Å². The molecule has 0 spiro atoms. The first kappa shape index (κ1) is 18.5. The molecule has 3 heterocycles. The molecule has 3 aromatic heterocycles. The van der Waals surface area contributed by atoms with Crippen LogP contribution in [0.25, 0.3) is 16.6 Å². The summed E-state index contributed by atoms with van der Waals surface area (Å²) in [5, 5.41) is 4.80. The number of nitrogens with zero attached hydrogens (tertiary/aromatic N) is 4. The van der Waals surface area contributed by atoms with Gasteiger partial charge in [0, 0.05) is 24.0 Å². The Morgan fingerprint density at radius 2 is 2.03 bits per heavy atom. The highest BCUT2D eigenvalue weighted by Crippen LogP contribution is 2.29. The Balaban J connectivity index is 1.51. The first-order valence-corrected chi connectivity index (χ1v) is 10.0. The number of ether oxygens (including phenoxy) is 1. The van der Waals surface area contributed by atoms with Gasteiger partial charge in [0.15, 0.2) is 0 Å². The zero-order chi connectivity index (χ0) is 20.7. The molecule has 0 aliphatic heterocycles. The lowest BCUT2D eigenvalue weighted by atomic mass is 10.2. The van der Waals surface area contributed by atoms with Crippen molar-refractivity contribution >= 4 is 10.9 Å². The maximum absolute atomic E-state index is 14.0. The van der Waals surface area contributed by atoms with Crippen LogP contribution in [0, 0.1) is 18.7 Å². The van der Waals surface area contributed by atoms with Crippen LogP contribution in [0.2, 0.25) is 0 Å². The van der Waals surface area contributed by atoms with Gasteiger partial charge in [0.05, 0.1) is 35.9 Å². The number of pyridine rings is 2. The van der Waals surface area contributed by atoms with Crippen LogP contribution < -0.4 is 10.3 Å². The Morgan fingerprint density at radius 1 is 1.20 bits per heavy atom. The Morgan fingerprint density at radius 3 is 2.83 bits per heavy atom. The van der Waals surface area contributed by atoms with E-state index in [0.717, 1.165) is 11.3 Å². The molecule has 0 radical (unpaired) electrons. The molecule has 1 aliphatic carbocycles. The third-order valence-electron chi connectivity index (χ3n) is 5.46. The number of benzene rings is 1. The first-order valence-electron chi connectivity index (χ1n) is 10.0. The molecule has 7 heteroatoms. The summed E-state index contributed by atoms with van der Waals surface area (Å²) in [6.07, 6.45) is 7.38. The van der Waals surface area contributed by atoms with Crippen LogP contribution in [0.15, 0.2) is 59.8 Å². The van der Waals surface area contributed by atoms with E-state index in [9.17, 15) is 9.18 Å². The number of aromatic nitrogens is 4. The van der Waals surface area contributed by atoms with Crippen LogP contribution in [0.5, 0.6) is 5.88 Å². The van der Waals surface area contributed by atoms with E-state index < -0.39 is 0 Å². The number of fused-ring (bicyclic) bond motifs is 1. The molecule has 152 valence electrons. The van der Waals surface area contributed by atoms with Gasteiger partial charge in [0.25, 0.3) is 5.56 Å². The van der Waals surface area contributed by atoms with Gasteiger partial charge < -0.3 is 4.74 Å². The molecule has 0 N–H and O–H groups in total. The largest absolute Gasteiger partial charge is 0.477 e. The molecule has 30 heavy (non-hydrogen) atoms. The van der Waals surface area contributed by atoms with E-state index in [4.69, 9.17) is 4.74 Å². The van der Waals surface area contributed by atoms with E-state index in [1.54, 1.807) is 45.9 Å². The Hall–Kier alpha value is -3.48. The topological polar surface area (TPSA) is 61.9 Å². The Labute approximate surface area is 172 Å². The normalized spacial score (nSPS) is 13.7. The van der Waals surface area contributed by atoms with Crippen LogP contribution in [-0.4, -0.2) is 25.9 Å². The van der Waals surface area contributed by atoms with Gasteiger partial charge >= 0.3 is 0 Å².